The molecular formula is C14H22O4. The normalized spacial score (nSPS) is 10.7. The third-order valence-electron chi connectivity index (χ3n) is 2.31. The number of ether oxygens (including phenoxy) is 3. The molecule has 0 bridgehead atoms. The average molecular weight is 254 g/mol. The largest absolute Gasteiger partial charge is 0.490 e. The monoisotopic (exact) mass is 254 g/mol. The molecule has 0 fully saturated rings. The number of hydrogen-bond donors (Lipinski definition) is 1. The number of hydrogen-bond acceptors (Lipinski definition) is 4. The van der Waals surface area contributed by atoms with Gasteiger partial charge in [-0.1, -0.05) is 12.1 Å². The lowest BCUT2D eigenvalue weighted by Gasteiger charge is -2.15. The van der Waals surface area contributed by atoms with Crippen molar-refractivity contribution in [2.75, 3.05) is 19.8 Å². The smallest absolute Gasteiger partial charge is 0.166 e. The van der Waals surface area contributed by atoms with Gasteiger partial charge < -0.3 is 19.3 Å². The maximum atomic E-state index is 9.29. The third-order valence-corrected chi connectivity index (χ3v) is 2.31. The molecule has 18 heavy (non-hydrogen) atoms. The van der Waals surface area contributed by atoms with Gasteiger partial charge in [-0.25, -0.2) is 0 Å². The fourth-order valence-corrected chi connectivity index (χ4v) is 1.55. The van der Waals surface area contributed by atoms with Gasteiger partial charge in [0.05, 0.1) is 25.9 Å². The first-order valence-corrected chi connectivity index (χ1v) is 6.29. The Balaban J connectivity index is 2.65. The second kappa shape index (κ2) is 7.95. The molecule has 4 nitrogen and oxygen atoms in total. The molecule has 0 aliphatic carbocycles. The Morgan fingerprint density at radius 2 is 1.94 bits per heavy atom. The van der Waals surface area contributed by atoms with E-state index in [0.29, 0.717) is 31.3 Å². The van der Waals surface area contributed by atoms with E-state index in [4.69, 9.17) is 14.2 Å². The zero-order valence-electron chi connectivity index (χ0n) is 11.3. The Hall–Kier alpha value is -1.26. The minimum Gasteiger partial charge on any atom is -0.490 e. The fraction of sp³-hybridized carbons (Fsp3) is 0.571. The van der Waals surface area contributed by atoms with Crippen molar-refractivity contribution in [3.8, 4) is 11.5 Å². The van der Waals surface area contributed by atoms with Crippen LogP contribution >= 0.6 is 0 Å². The van der Waals surface area contributed by atoms with Gasteiger partial charge in [0.1, 0.15) is 6.61 Å². The standard InChI is InChI=1S/C14H22O4/c1-4-16-13-7-5-6-12(10-15)14(13)18-9-8-17-11(2)3/h5-7,11,15H,4,8-10H2,1-3H3. The van der Waals surface area contributed by atoms with Crippen LogP contribution < -0.4 is 9.47 Å². The van der Waals surface area contributed by atoms with Crippen LogP contribution in [0.25, 0.3) is 0 Å². The molecule has 1 aromatic carbocycles. The topological polar surface area (TPSA) is 47.9 Å². The maximum absolute atomic E-state index is 9.29. The van der Waals surface area contributed by atoms with Crippen LogP contribution in [-0.4, -0.2) is 31.0 Å². The van der Waals surface area contributed by atoms with Crippen LogP contribution in [0.5, 0.6) is 11.5 Å². The molecule has 0 saturated carbocycles. The number of rotatable bonds is 8. The summed E-state index contributed by atoms with van der Waals surface area (Å²) in [6, 6.07) is 5.50. The molecule has 0 unspecified atom stereocenters. The first-order valence-electron chi connectivity index (χ1n) is 6.29. The molecule has 1 rings (SSSR count). The number of benzene rings is 1. The number of aliphatic hydroxyl groups excluding tert-OH is 1. The molecule has 0 aliphatic heterocycles. The van der Waals surface area contributed by atoms with Crippen molar-refractivity contribution < 1.29 is 19.3 Å². The van der Waals surface area contributed by atoms with Gasteiger partial charge in [-0.2, -0.15) is 0 Å². The van der Waals surface area contributed by atoms with Gasteiger partial charge in [0.2, 0.25) is 0 Å². The highest BCUT2D eigenvalue weighted by Gasteiger charge is 2.10. The molecule has 0 spiro atoms. The van der Waals surface area contributed by atoms with Crippen molar-refractivity contribution >= 4 is 0 Å². The van der Waals surface area contributed by atoms with E-state index in [9.17, 15) is 5.11 Å². The van der Waals surface area contributed by atoms with Crippen LogP contribution in [0.3, 0.4) is 0 Å². The summed E-state index contributed by atoms with van der Waals surface area (Å²) in [6.07, 6.45) is 0.188. The minimum atomic E-state index is -0.0682. The third kappa shape index (κ3) is 4.55. The summed E-state index contributed by atoms with van der Waals surface area (Å²) in [6.45, 7) is 7.32. The van der Waals surface area contributed by atoms with Gasteiger partial charge >= 0.3 is 0 Å². The molecule has 0 aromatic heterocycles. The lowest BCUT2D eigenvalue weighted by molar-refractivity contribution is 0.0540. The van der Waals surface area contributed by atoms with Gasteiger partial charge in [-0.05, 0) is 26.8 Å². The molecule has 102 valence electrons. The summed E-state index contributed by atoms with van der Waals surface area (Å²) in [4.78, 5) is 0. The Morgan fingerprint density at radius 1 is 1.17 bits per heavy atom. The summed E-state index contributed by atoms with van der Waals surface area (Å²) in [5.41, 5.74) is 0.727. The van der Waals surface area contributed by atoms with Crippen LogP contribution in [0.1, 0.15) is 26.3 Å². The molecule has 4 heteroatoms. The molecule has 1 N–H and O–H groups in total. The SMILES string of the molecule is CCOc1cccc(CO)c1OCCOC(C)C. The quantitative estimate of drug-likeness (QED) is 0.724. The fourth-order valence-electron chi connectivity index (χ4n) is 1.55. The molecule has 0 aliphatic rings. The Morgan fingerprint density at radius 3 is 2.56 bits per heavy atom. The van der Waals surface area contributed by atoms with E-state index in [2.05, 4.69) is 0 Å². The highest BCUT2D eigenvalue weighted by molar-refractivity contribution is 5.46. The van der Waals surface area contributed by atoms with Gasteiger partial charge in [0, 0.05) is 5.56 Å². The van der Waals surface area contributed by atoms with Crippen molar-refractivity contribution in [1.82, 2.24) is 0 Å². The van der Waals surface area contributed by atoms with E-state index in [1.54, 1.807) is 0 Å². The highest BCUT2D eigenvalue weighted by atomic mass is 16.5. The second-order valence-corrected chi connectivity index (χ2v) is 4.10. The molecule has 0 atom stereocenters. The average Bonchev–Trinajstić information content (AvgIpc) is 2.35. The molecule has 1 aromatic rings. The molecule has 0 radical (unpaired) electrons. The van der Waals surface area contributed by atoms with Crippen LogP contribution in [0, 0.1) is 0 Å². The van der Waals surface area contributed by atoms with Crippen molar-refractivity contribution in [3.63, 3.8) is 0 Å². The predicted octanol–water partition coefficient (Wildman–Crippen LogP) is 2.38. The van der Waals surface area contributed by atoms with E-state index in [1.165, 1.54) is 0 Å². The predicted molar refractivity (Wildman–Crippen MR) is 70.1 cm³/mol. The van der Waals surface area contributed by atoms with E-state index >= 15 is 0 Å². The summed E-state index contributed by atoms with van der Waals surface area (Å²) in [5, 5.41) is 9.29. The van der Waals surface area contributed by atoms with Crippen molar-refractivity contribution in [1.29, 1.82) is 0 Å². The zero-order valence-corrected chi connectivity index (χ0v) is 11.3. The van der Waals surface area contributed by atoms with E-state index in [-0.39, 0.29) is 12.7 Å². The van der Waals surface area contributed by atoms with Crippen LogP contribution in [0.2, 0.25) is 0 Å². The molecular weight excluding hydrogens is 232 g/mol. The summed E-state index contributed by atoms with van der Waals surface area (Å²) in [5.74, 6) is 1.27. The van der Waals surface area contributed by atoms with Gasteiger partial charge in [0.25, 0.3) is 0 Å². The second-order valence-electron chi connectivity index (χ2n) is 4.10. The first kappa shape index (κ1) is 14.8. The minimum absolute atomic E-state index is 0.0682. The van der Waals surface area contributed by atoms with Crippen LogP contribution in [0.15, 0.2) is 18.2 Å². The molecule has 0 heterocycles. The zero-order chi connectivity index (χ0) is 13.4. The summed E-state index contributed by atoms with van der Waals surface area (Å²) >= 11 is 0. The summed E-state index contributed by atoms with van der Waals surface area (Å²) in [7, 11) is 0. The van der Waals surface area contributed by atoms with Gasteiger partial charge in [-0.3, -0.25) is 0 Å². The van der Waals surface area contributed by atoms with Crippen molar-refractivity contribution in [2.45, 2.75) is 33.5 Å². The highest BCUT2D eigenvalue weighted by Crippen LogP contribution is 2.31. The lowest BCUT2D eigenvalue weighted by atomic mass is 10.2. The Kier molecular flexibility index (Phi) is 6.54. The van der Waals surface area contributed by atoms with Crippen LogP contribution in [0.4, 0.5) is 0 Å². The first-order chi connectivity index (χ1) is 8.69. The maximum Gasteiger partial charge on any atom is 0.166 e. The summed E-state index contributed by atoms with van der Waals surface area (Å²) < 4.78 is 16.5. The van der Waals surface area contributed by atoms with E-state index in [0.717, 1.165) is 5.56 Å². The molecule has 0 saturated heterocycles. The van der Waals surface area contributed by atoms with Gasteiger partial charge in [-0.15, -0.1) is 0 Å². The van der Waals surface area contributed by atoms with E-state index in [1.807, 2.05) is 39.0 Å². The van der Waals surface area contributed by atoms with Crippen molar-refractivity contribution in [3.05, 3.63) is 23.8 Å². The number of para-hydroxylation sites is 1. The van der Waals surface area contributed by atoms with E-state index < -0.39 is 0 Å². The Bertz CT molecular complexity index is 350. The molecule has 0 amide bonds. The number of aliphatic hydroxyl groups is 1. The van der Waals surface area contributed by atoms with Crippen LogP contribution in [-0.2, 0) is 11.3 Å². The van der Waals surface area contributed by atoms with Gasteiger partial charge in [0.15, 0.2) is 11.5 Å². The lowest BCUT2D eigenvalue weighted by Crippen LogP contribution is -2.12. The Labute approximate surface area is 108 Å². The van der Waals surface area contributed by atoms with Crippen molar-refractivity contribution in [2.24, 2.45) is 0 Å².